The Hall–Kier alpha value is -8.01. The third-order valence-corrected chi connectivity index (χ3v) is 13.4. The molecule has 0 saturated carbocycles. The molecule has 3 nitrogen and oxygen atoms in total. The zero-order valence-electron chi connectivity index (χ0n) is 33.8. The summed E-state index contributed by atoms with van der Waals surface area (Å²) in [5, 5.41) is 0. The largest absolute Gasteiger partial charge is 0.208 e. The monoisotopic (exact) mass is 787 g/mol. The van der Waals surface area contributed by atoms with Gasteiger partial charge >= 0.3 is 0 Å². The maximum atomic E-state index is 5.46. The average Bonchev–Trinajstić information content (AvgIpc) is 3.85. The molecule has 0 unspecified atom stereocenters. The molecule has 3 aliphatic rings. The summed E-state index contributed by atoms with van der Waals surface area (Å²) in [5.74, 6) is 1.96. The van der Waals surface area contributed by atoms with Crippen molar-refractivity contribution in [1.82, 2.24) is 15.0 Å². The molecule has 1 aromatic heterocycles. The summed E-state index contributed by atoms with van der Waals surface area (Å²) in [6.07, 6.45) is 0.893. The Bertz CT molecular complexity index is 3390. The Morgan fingerprint density at radius 1 is 0.274 bits per heavy atom. The van der Waals surface area contributed by atoms with E-state index in [9.17, 15) is 0 Å². The van der Waals surface area contributed by atoms with E-state index >= 15 is 0 Å². The Labute approximate surface area is 360 Å². The van der Waals surface area contributed by atoms with Crippen molar-refractivity contribution >= 4 is 0 Å². The van der Waals surface area contributed by atoms with E-state index in [0.717, 1.165) is 28.7 Å². The summed E-state index contributed by atoms with van der Waals surface area (Å²) in [6, 6.07) is 77.2. The van der Waals surface area contributed by atoms with Crippen LogP contribution in [0.3, 0.4) is 0 Å². The molecule has 0 N–H and O–H groups in total. The van der Waals surface area contributed by atoms with Crippen LogP contribution < -0.4 is 0 Å². The lowest BCUT2D eigenvalue weighted by Crippen LogP contribution is -2.29. The number of rotatable bonds is 4. The third kappa shape index (κ3) is 5.03. The molecule has 0 amide bonds. The zero-order chi connectivity index (χ0) is 40.8. The summed E-state index contributed by atoms with van der Waals surface area (Å²) in [4.78, 5) is 16.2. The van der Waals surface area contributed by atoms with E-state index in [2.05, 4.69) is 212 Å². The van der Waals surface area contributed by atoms with Crippen molar-refractivity contribution in [2.45, 2.75) is 11.8 Å². The van der Waals surface area contributed by atoms with E-state index in [-0.39, 0.29) is 0 Å². The highest BCUT2D eigenvalue weighted by molar-refractivity contribution is 5.98. The fraction of sp³-hybridized carbons (Fsp3) is 0.0339. The molecular weight excluding hydrogens is 751 g/mol. The van der Waals surface area contributed by atoms with Crippen LogP contribution in [0.2, 0.25) is 0 Å². The highest BCUT2D eigenvalue weighted by Gasteiger charge is 2.49. The maximum Gasteiger partial charge on any atom is 0.164 e. The molecule has 10 aromatic rings. The van der Waals surface area contributed by atoms with Crippen molar-refractivity contribution in [3.05, 3.63) is 246 Å². The second kappa shape index (κ2) is 13.5. The first-order chi connectivity index (χ1) is 30.7. The van der Waals surface area contributed by atoms with Gasteiger partial charge in [0.1, 0.15) is 0 Å². The number of hydrogen-bond acceptors (Lipinski definition) is 3. The van der Waals surface area contributed by atoms with E-state index in [1.165, 1.54) is 83.5 Å². The molecule has 288 valence electrons. The van der Waals surface area contributed by atoms with E-state index in [4.69, 9.17) is 15.0 Å². The van der Waals surface area contributed by atoms with Gasteiger partial charge in [-0.3, -0.25) is 0 Å². The lowest BCUT2D eigenvalue weighted by molar-refractivity contribution is 0.775. The smallest absolute Gasteiger partial charge is 0.164 e. The van der Waals surface area contributed by atoms with Crippen LogP contribution in [0, 0.1) is 0 Å². The van der Waals surface area contributed by atoms with Gasteiger partial charge in [-0.1, -0.05) is 206 Å². The fourth-order valence-corrected chi connectivity index (χ4v) is 10.8. The molecule has 0 aliphatic heterocycles. The molecule has 0 saturated heterocycles. The molecular formula is C59H37N3. The highest BCUT2D eigenvalue weighted by Crippen LogP contribution is 2.61. The van der Waals surface area contributed by atoms with Crippen LogP contribution >= 0.6 is 0 Å². The number of hydrogen-bond donors (Lipinski definition) is 0. The van der Waals surface area contributed by atoms with E-state index < -0.39 is 5.41 Å². The molecule has 1 spiro atoms. The molecule has 62 heavy (non-hydrogen) atoms. The first-order valence-electron chi connectivity index (χ1n) is 21.4. The van der Waals surface area contributed by atoms with E-state index in [1.54, 1.807) is 0 Å². The number of benzene rings is 9. The van der Waals surface area contributed by atoms with Gasteiger partial charge < -0.3 is 0 Å². The maximum absolute atomic E-state index is 5.46. The van der Waals surface area contributed by atoms with Gasteiger partial charge in [0.25, 0.3) is 0 Å². The Morgan fingerprint density at radius 2 is 0.710 bits per heavy atom. The van der Waals surface area contributed by atoms with Crippen LogP contribution in [0.1, 0.15) is 33.4 Å². The Kier molecular flexibility index (Phi) is 7.58. The van der Waals surface area contributed by atoms with Gasteiger partial charge in [-0.2, -0.15) is 0 Å². The predicted molar refractivity (Wildman–Crippen MR) is 252 cm³/mol. The second-order valence-corrected chi connectivity index (χ2v) is 16.6. The van der Waals surface area contributed by atoms with Crippen molar-refractivity contribution in [2.75, 3.05) is 0 Å². The number of aromatic nitrogens is 3. The standard InChI is InChI=1S/C59H37N3/c1-2-15-37(16-3-1)38-29-31-39(32-30-38)56-60-57(62-58(61-56)50-25-14-18-41-35-40-17-4-5-19-43(40)55(41)50)42-33-34-49-45-21-7-6-20-44(45)46-22-8-11-26-51(46)59(54(49)36-42)52-27-12-9-23-47(52)48-24-10-13-28-53(48)59/h1-34,36H,35H2. The van der Waals surface area contributed by atoms with Gasteiger partial charge in [0, 0.05) is 16.7 Å². The quantitative estimate of drug-likeness (QED) is 0.178. The lowest BCUT2D eigenvalue weighted by Gasteiger charge is -2.35. The topological polar surface area (TPSA) is 38.7 Å². The molecule has 0 fully saturated rings. The number of nitrogens with zero attached hydrogens (tertiary/aromatic N) is 3. The van der Waals surface area contributed by atoms with E-state index in [0.29, 0.717) is 17.5 Å². The summed E-state index contributed by atoms with van der Waals surface area (Å²) in [5.41, 5.74) is 22.2. The molecule has 0 bridgehead atoms. The fourth-order valence-electron chi connectivity index (χ4n) is 10.8. The van der Waals surface area contributed by atoms with Crippen LogP contribution in [-0.4, -0.2) is 15.0 Å². The summed E-state index contributed by atoms with van der Waals surface area (Å²) >= 11 is 0. The van der Waals surface area contributed by atoms with Gasteiger partial charge in [0.2, 0.25) is 0 Å². The minimum Gasteiger partial charge on any atom is -0.208 e. The summed E-state index contributed by atoms with van der Waals surface area (Å²) in [7, 11) is 0. The van der Waals surface area contributed by atoms with Gasteiger partial charge in [0.15, 0.2) is 17.5 Å². The minimum absolute atomic E-state index is 0.607. The van der Waals surface area contributed by atoms with Crippen LogP contribution in [-0.2, 0) is 11.8 Å². The summed E-state index contributed by atoms with van der Waals surface area (Å²) in [6.45, 7) is 0. The second-order valence-electron chi connectivity index (χ2n) is 16.6. The van der Waals surface area contributed by atoms with Crippen LogP contribution in [0.15, 0.2) is 212 Å². The van der Waals surface area contributed by atoms with Gasteiger partial charge in [-0.25, -0.2) is 15.0 Å². The van der Waals surface area contributed by atoms with Gasteiger partial charge in [-0.05, 0) is 102 Å². The van der Waals surface area contributed by atoms with Crippen molar-refractivity contribution < 1.29 is 0 Å². The first-order valence-corrected chi connectivity index (χ1v) is 21.4. The first kappa shape index (κ1) is 34.8. The van der Waals surface area contributed by atoms with Crippen LogP contribution in [0.5, 0.6) is 0 Å². The van der Waals surface area contributed by atoms with E-state index in [1.807, 2.05) is 0 Å². The molecule has 1 heterocycles. The van der Waals surface area contributed by atoms with Crippen molar-refractivity contribution in [1.29, 1.82) is 0 Å². The average molecular weight is 788 g/mol. The Morgan fingerprint density at radius 3 is 1.37 bits per heavy atom. The summed E-state index contributed by atoms with van der Waals surface area (Å²) < 4.78 is 0. The SMILES string of the molecule is c1ccc(-c2ccc(-c3nc(-c4ccc5c(c4)C4(c6ccccc6-c6ccccc6-5)c5ccccc5-c5ccccc54)nc(-c4cccc5c4-c4ccccc4C5)n3)cc2)cc1. The number of fused-ring (bicyclic) bond motifs is 15. The normalized spacial score (nSPS) is 13.2. The van der Waals surface area contributed by atoms with Gasteiger partial charge in [-0.15, -0.1) is 0 Å². The van der Waals surface area contributed by atoms with Crippen molar-refractivity contribution in [3.63, 3.8) is 0 Å². The highest BCUT2D eigenvalue weighted by atomic mass is 15.0. The molecule has 3 heteroatoms. The molecule has 3 aliphatic carbocycles. The third-order valence-electron chi connectivity index (χ3n) is 13.4. The van der Waals surface area contributed by atoms with Crippen LogP contribution in [0.25, 0.3) is 89.8 Å². The lowest BCUT2D eigenvalue weighted by atomic mass is 9.65. The molecule has 0 radical (unpaired) electrons. The molecule has 9 aromatic carbocycles. The molecule has 13 rings (SSSR count). The van der Waals surface area contributed by atoms with Crippen molar-refractivity contribution in [2.24, 2.45) is 0 Å². The van der Waals surface area contributed by atoms with Crippen LogP contribution in [0.4, 0.5) is 0 Å². The Balaban J connectivity index is 1.09. The predicted octanol–water partition coefficient (Wildman–Crippen LogP) is 14.1. The molecule has 0 atom stereocenters. The zero-order valence-corrected chi connectivity index (χ0v) is 33.8. The van der Waals surface area contributed by atoms with Gasteiger partial charge in [0.05, 0.1) is 5.41 Å². The van der Waals surface area contributed by atoms with Crippen molar-refractivity contribution in [3.8, 4) is 89.8 Å². The minimum atomic E-state index is -0.607.